The van der Waals surface area contributed by atoms with Crippen molar-refractivity contribution in [3.63, 3.8) is 0 Å². The second-order valence-corrected chi connectivity index (χ2v) is 5.76. The monoisotopic (exact) mass is 339 g/mol. The Morgan fingerprint density at radius 3 is 2.40 bits per heavy atom. The molecule has 0 aliphatic carbocycles. The number of amides is 3. The SMILES string of the molecule is CCc1ccccc1NC(=O)CNC(=O)NCCCc1ccccc1. The molecule has 0 heterocycles. The van der Waals surface area contributed by atoms with Gasteiger partial charge in [-0.25, -0.2) is 4.79 Å². The number of benzene rings is 2. The van der Waals surface area contributed by atoms with Crippen molar-refractivity contribution in [2.75, 3.05) is 18.4 Å². The maximum atomic E-state index is 11.9. The number of rotatable bonds is 8. The van der Waals surface area contributed by atoms with Crippen LogP contribution in [0.25, 0.3) is 0 Å². The highest BCUT2D eigenvalue weighted by Crippen LogP contribution is 2.14. The van der Waals surface area contributed by atoms with Gasteiger partial charge in [-0.3, -0.25) is 4.79 Å². The largest absolute Gasteiger partial charge is 0.338 e. The molecule has 25 heavy (non-hydrogen) atoms. The van der Waals surface area contributed by atoms with E-state index >= 15 is 0 Å². The van der Waals surface area contributed by atoms with E-state index in [9.17, 15) is 9.59 Å². The maximum Gasteiger partial charge on any atom is 0.315 e. The van der Waals surface area contributed by atoms with Crippen LogP contribution in [0.5, 0.6) is 0 Å². The molecular formula is C20H25N3O2. The van der Waals surface area contributed by atoms with E-state index in [0.29, 0.717) is 6.54 Å². The third-order valence-electron chi connectivity index (χ3n) is 3.85. The Kier molecular flexibility index (Phi) is 7.50. The Morgan fingerprint density at radius 1 is 0.920 bits per heavy atom. The smallest absolute Gasteiger partial charge is 0.315 e. The van der Waals surface area contributed by atoms with Crippen LogP contribution in [-0.2, 0) is 17.6 Å². The first-order valence-electron chi connectivity index (χ1n) is 8.62. The van der Waals surface area contributed by atoms with E-state index in [-0.39, 0.29) is 18.5 Å². The van der Waals surface area contributed by atoms with Crippen molar-refractivity contribution in [1.29, 1.82) is 0 Å². The van der Waals surface area contributed by atoms with E-state index in [2.05, 4.69) is 28.1 Å². The highest BCUT2D eigenvalue weighted by atomic mass is 16.2. The number of hydrogen-bond donors (Lipinski definition) is 3. The number of aryl methyl sites for hydroxylation is 2. The zero-order valence-electron chi connectivity index (χ0n) is 14.5. The lowest BCUT2D eigenvalue weighted by Crippen LogP contribution is -2.40. The van der Waals surface area contributed by atoms with E-state index in [4.69, 9.17) is 0 Å². The van der Waals surface area contributed by atoms with E-state index in [1.165, 1.54) is 5.56 Å². The summed E-state index contributed by atoms with van der Waals surface area (Å²) >= 11 is 0. The molecule has 132 valence electrons. The average molecular weight is 339 g/mol. The lowest BCUT2D eigenvalue weighted by molar-refractivity contribution is -0.115. The van der Waals surface area contributed by atoms with Crippen molar-refractivity contribution < 1.29 is 9.59 Å². The minimum Gasteiger partial charge on any atom is -0.338 e. The maximum absolute atomic E-state index is 11.9. The normalized spacial score (nSPS) is 10.1. The second kappa shape index (κ2) is 10.1. The summed E-state index contributed by atoms with van der Waals surface area (Å²) in [6, 6.07) is 17.5. The topological polar surface area (TPSA) is 70.2 Å². The van der Waals surface area contributed by atoms with E-state index in [1.54, 1.807) is 0 Å². The van der Waals surface area contributed by atoms with Crippen molar-refractivity contribution in [3.8, 4) is 0 Å². The molecule has 0 saturated heterocycles. The van der Waals surface area contributed by atoms with Crippen LogP contribution in [-0.4, -0.2) is 25.0 Å². The Balaban J connectivity index is 1.63. The number of urea groups is 1. The average Bonchev–Trinajstić information content (AvgIpc) is 2.65. The zero-order valence-corrected chi connectivity index (χ0v) is 14.5. The zero-order chi connectivity index (χ0) is 17.9. The van der Waals surface area contributed by atoms with Gasteiger partial charge in [0.15, 0.2) is 0 Å². The van der Waals surface area contributed by atoms with E-state index < -0.39 is 0 Å². The number of para-hydroxylation sites is 1. The van der Waals surface area contributed by atoms with Crippen molar-refractivity contribution in [1.82, 2.24) is 10.6 Å². The standard InChI is InChI=1S/C20H25N3O2/c1-2-17-12-6-7-13-18(17)23-19(24)15-22-20(25)21-14-8-11-16-9-4-3-5-10-16/h3-7,9-10,12-13H,2,8,11,14-15H2,1H3,(H,23,24)(H2,21,22,25). The minimum atomic E-state index is -0.327. The van der Waals surface area contributed by atoms with Crippen molar-refractivity contribution in [2.45, 2.75) is 26.2 Å². The third kappa shape index (κ3) is 6.67. The highest BCUT2D eigenvalue weighted by molar-refractivity contribution is 5.94. The number of carbonyl (C=O) groups is 2. The molecule has 0 saturated carbocycles. The van der Waals surface area contributed by atoms with Gasteiger partial charge >= 0.3 is 6.03 Å². The van der Waals surface area contributed by atoms with Gasteiger partial charge in [0.1, 0.15) is 0 Å². The first kappa shape index (κ1) is 18.5. The van der Waals surface area contributed by atoms with Crippen LogP contribution in [0.15, 0.2) is 54.6 Å². The first-order chi connectivity index (χ1) is 12.2. The summed E-state index contributed by atoms with van der Waals surface area (Å²) in [5, 5.41) is 8.17. The van der Waals surface area contributed by atoms with Gasteiger partial charge in [-0.2, -0.15) is 0 Å². The number of nitrogens with one attached hydrogen (secondary N) is 3. The molecular weight excluding hydrogens is 314 g/mol. The predicted molar refractivity (Wildman–Crippen MR) is 101 cm³/mol. The van der Waals surface area contributed by atoms with Crippen LogP contribution >= 0.6 is 0 Å². The fourth-order valence-electron chi connectivity index (χ4n) is 2.51. The molecule has 5 nitrogen and oxygen atoms in total. The van der Waals surface area contributed by atoms with Gasteiger partial charge in [0, 0.05) is 12.2 Å². The van der Waals surface area contributed by atoms with Gasteiger partial charge in [-0.05, 0) is 36.5 Å². The second-order valence-electron chi connectivity index (χ2n) is 5.76. The van der Waals surface area contributed by atoms with E-state index in [1.807, 2.05) is 49.4 Å². The molecule has 0 bridgehead atoms. The summed E-state index contributed by atoms with van der Waals surface area (Å²) in [5.74, 6) is -0.236. The highest BCUT2D eigenvalue weighted by Gasteiger charge is 2.07. The fourth-order valence-corrected chi connectivity index (χ4v) is 2.51. The van der Waals surface area contributed by atoms with Gasteiger partial charge < -0.3 is 16.0 Å². The number of carbonyl (C=O) groups excluding carboxylic acids is 2. The van der Waals surface area contributed by atoms with Crippen LogP contribution in [0, 0.1) is 0 Å². The summed E-state index contributed by atoms with van der Waals surface area (Å²) < 4.78 is 0. The minimum absolute atomic E-state index is 0.0530. The quantitative estimate of drug-likeness (QED) is 0.647. The fraction of sp³-hybridized carbons (Fsp3) is 0.300. The Morgan fingerprint density at radius 2 is 1.64 bits per heavy atom. The molecule has 3 N–H and O–H groups in total. The van der Waals surface area contributed by atoms with Crippen molar-refractivity contribution >= 4 is 17.6 Å². The van der Waals surface area contributed by atoms with Crippen LogP contribution in [0.4, 0.5) is 10.5 Å². The molecule has 2 aromatic rings. The van der Waals surface area contributed by atoms with E-state index in [0.717, 1.165) is 30.5 Å². The first-order valence-corrected chi connectivity index (χ1v) is 8.62. The van der Waals surface area contributed by atoms with Gasteiger partial charge in [0.25, 0.3) is 0 Å². The molecule has 0 aromatic heterocycles. The third-order valence-corrected chi connectivity index (χ3v) is 3.85. The molecule has 2 aromatic carbocycles. The van der Waals surface area contributed by atoms with Gasteiger partial charge in [0.05, 0.1) is 6.54 Å². The van der Waals surface area contributed by atoms with Gasteiger partial charge in [0.2, 0.25) is 5.91 Å². The molecule has 0 unspecified atom stereocenters. The van der Waals surface area contributed by atoms with Gasteiger partial charge in [-0.1, -0.05) is 55.5 Å². The summed E-state index contributed by atoms with van der Waals surface area (Å²) in [4.78, 5) is 23.7. The molecule has 0 radical (unpaired) electrons. The molecule has 2 rings (SSSR count). The summed E-state index contributed by atoms with van der Waals surface area (Å²) in [7, 11) is 0. The Bertz CT molecular complexity index is 686. The van der Waals surface area contributed by atoms with Crippen LogP contribution in [0.1, 0.15) is 24.5 Å². The van der Waals surface area contributed by atoms with Crippen molar-refractivity contribution in [2.24, 2.45) is 0 Å². The molecule has 5 heteroatoms. The Hall–Kier alpha value is -2.82. The molecule has 0 atom stereocenters. The molecule has 3 amide bonds. The number of hydrogen-bond acceptors (Lipinski definition) is 2. The summed E-state index contributed by atoms with van der Waals surface area (Å²) in [5.41, 5.74) is 3.11. The number of anilines is 1. The predicted octanol–water partition coefficient (Wildman–Crippen LogP) is 3.12. The molecule has 0 fully saturated rings. The molecule has 0 aliphatic heterocycles. The lowest BCUT2D eigenvalue weighted by Gasteiger charge is -2.11. The van der Waals surface area contributed by atoms with Crippen LogP contribution in [0.3, 0.4) is 0 Å². The molecule has 0 spiro atoms. The summed E-state index contributed by atoms with van der Waals surface area (Å²) in [6.45, 7) is 2.55. The summed E-state index contributed by atoms with van der Waals surface area (Å²) in [6.07, 6.45) is 2.61. The van der Waals surface area contributed by atoms with Gasteiger partial charge in [-0.15, -0.1) is 0 Å². The molecule has 0 aliphatic rings. The van der Waals surface area contributed by atoms with Crippen LogP contribution < -0.4 is 16.0 Å². The lowest BCUT2D eigenvalue weighted by atomic mass is 10.1. The van der Waals surface area contributed by atoms with Crippen LogP contribution in [0.2, 0.25) is 0 Å². The van der Waals surface area contributed by atoms with Crippen molar-refractivity contribution in [3.05, 3.63) is 65.7 Å². The Labute approximate surface area is 148 Å².